The van der Waals surface area contributed by atoms with Crippen LogP contribution >= 0.6 is 0 Å². The molecule has 192 valence electrons. The van der Waals surface area contributed by atoms with Gasteiger partial charge in [0.05, 0.1) is 18.2 Å². The number of ether oxygens (including phenoxy) is 1. The Labute approximate surface area is 218 Å². The maximum Gasteiger partial charge on any atom is 0.300 e. The maximum absolute atomic E-state index is 13.5. The van der Waals surface area contributed by atoms with Crippen LogP contribution in [-0.2, 0) is 9.59 Å². The van der Waals surface area contributed by atoms with E-state index >= 15 is 0 Å². The lowest BCUT2D eigenvalue weighted by atomic mass is 9.93. The first-order valence-electron chi connectivity index (χ1n) is 12.6. The predicted octanol–water partition coefficient (Wildman–Crippen LogP) is 6.21. The minimum absolute atomic E-state index is 0.0722. The van der Waals surface area contributed by atoms with Crippen LogP contribution in [0.1, 0.15) is 55.0 Å². The topological polar surface area (TPSA) is 70.1 Å². The zero-order valence-electron chi connectivity index (χ0n) is 22.3. The molecule has 0 aliphatic carbocycles. The highest BCUT2D eigenvalue weighted by Crippen LogP contribution is 2.43. The number of ketones is 1. The van der Waals surface area contributed by atoms with E-state index in [9.17, 15) is 14.7 Å². The van der Waals surface area contributed by atoms with E-state index in [4.69, 9.17) is 4.74 Å². The number of anilines is 2. The highest BCUT2D eigenvalue weighted by atomic mass is 16.5. The quantitative estimate of drug-likeness (QED) is 0.238. The molecule has 1 fully saturated rings. The van der Waals surface area contributed by atoms with Crippen molar-refractivity contribution in [3.05, 3.63) is 94.6 Å². The monoisotopic (exact) mass is 498 g/mol. The van der Waals surface area contributed by atoms with Crippen LogP contribution in [0.5, 0.6) is 5.75 Å². The Morgan fingerprint density at radius 3 is 2.32 bits per heavy atom. The minimum atomic E-state index is -0.771. The summed E-state index contributed by atoms with van der Waals surface area (Å²) in [7, 11) is 3.90. The maximum atomic E-state index is 13.5. The zero-order valence-corrected chi connectivity index (χ0v) is 22.3. The van der Waals surface area contributed by atoms with Crippen molar-refractivity contribution >= 4 is 28.8 Å². The third-order valence-corrected chi connectivity index (χ3v) is 6.65. The molecule has 3 aromatic carbocycles. The molecule has 6 heteroatoms. The van der Waals surface area contributed by atoms with E-state index in [-0.39, 0.29) is 17.3 Å². The van der Waals surface area contributed by atoms with Gasteiger partial charge >= 0.3 is 0 Å². The Balaban J connectivity index is 1.93. The number of aliphatic hydroxyl groups is 1. The smallest absolute Gasteiger partial charge is 0.300 e. The van der Waals surface area contributed by atoms with Gasteiger partial charge in [-0.25, -0.2) is 0 Å². The summed E-state index contributed by atoms with van der Waals surface area (Å²) in [6.45, 7) is 8.48. The molecule has 1 atom stereocenters. The summed E-state index contributed by atoms with van der Waals surface area (Å²) in [5.41, 5.74) is 4.77. The van der Waals surface area contributed by atoms with Crippen LogP contribution in [0.25, 0.3) is 5.76 Å². The summed E-state index contributed by atoms with van der Waals surface area (Å²) in [5.74, 6) is -0.687. The van der Waals surface area contributed by atoms with Crippen molar-refractivity contribution in [2.24, 2.45) is 0 Å². The number of benzene rings is 3. The molecule has 3 aromatic rings. The average Bonchev–Trinajstić information content (AvgIpc) is 3.14. The summed E-state index contributed by atoms with van der Waals surface area (Å²) < 4.78 is 5.77. The highest BCUT2D eigenvalue weighted by molar-refractivity contribution is 6.51. The number of amides is 1. The second-order valence-corrected chi connectivity index (χ2v) is 9.83. The largest absolute Gasteiger partial charge is 0.507 e. The fraction of sp³-hybridized carbons (Fsp3) is 0.290. The summed E-state index contributed by atoms with van der Waals surface area (Å²) in [6, 6.07) is 19.8. The van der Waals surface area contributed by atoms with E-state index in [1.165, 1.54) is 4.90 Å². The Bertz CT molecular complexity index is 1360. The molecule has 37 heavy (non-hydrogen) atoms. The summed E-state index contributed by atoms with van der Waals surface area (Å²) >= 11 is 0. The van der Waals surface area contributed by atoms with Crippen molar-refractivity contribution < 1.29 is 19.4 Å². The van der Waals surface area contributed by atoms with Gasteiger partial charge < -0.3 is 14.7 Å². The number of aryl methyl sites for hydroxylation is 1. The van der Waals surface area contributed by atoms with Crippen LogP contribution in [0.3, 0.4) is 0 Å². The molecule has 1 N–H and O–H groups in total. The van der Waals surface area contributed by atoms with E-state index in [1.54, 1.807) is 6.07 Å². The summed E-state index contributed by atoms with van der Waals surface area (Å²) in [6.07, 6.45) is 0. The lowest BCUT2D eigenvalue weighted by molar-refractivity contribution is -0.132. The van der Waals surface area contributed by atoms with Crippen LogP contribution < -0.4 is 14.5 Å². The van der Waals surface area contributed by atoms with E-state index in [0.717, 1.165) is 28.1 Å². The standard InChI is InChI=1S/C31H34N2O4/c1-7-37-26-16-13-22(18-25(26)19(2)3)29(34)27-28(21-11-14-23(15-12-21)32(5)6)33(31(36)30(27)35)24-10-8-9-20(4)17-24/h8-19,28,34H,7H2,1-6H3/b29-27-. The number of hydrogen-bond acceptors (Lipinski definition) is 5. The Morgan fingerprint density at radius 2 is 1.73 bits per heavy atom. The van der Waals surface area contributed by atoms with Gasteiger partial charge in [-0.05, 0) is 78.9 Å². The van der Waals surface area contributed by atoms with Gasteiger partial charge in [0.1, 0.15) is 11.5 Å². The van der Waals surface area contributed by atoms with Gasteiger partial charge in [0, 0.05) is 31.0 Å². The lowest BCUT2D eigenvalue weighted by Gasteiger charge is -2.26. The molecule has 1 aliphatic heterocycles. The lowest BCUT2D eigenvalue weighted by Crippen LogP contribution is -2.29. The van der Waals surface area contributed by atoms with Gasteiger partial charge in [-0.3, -0.25) is 14.5 Å². The predicted molar refractivity (Wildman–Crippen MR) is 148 cm³/mol. The molecule has 0 radical (unpaired) electrons. The first-order valence-corrected chi connectivity index (χ1v) is 12.6. The molecule has 6 nitrogen and oxygen atoms in total. The van der Waals surface area contributed by atoms with Gasteiger partial charge in [-0.2, -0.15) is 0 Å². The number of Topliss-reactive ketones (excluding diaryl/α,β-unsaturated/α-hetero) is 1. The molecule has 1 saturated heterocycles. The van der Waals surface area contributed by atoms with Gasteiger partial charge in [0.2, 0.25) is 0 Å². The number of hydrogen-bond donors (Lipinski definition) is 1. The van der Waals surface area contributed by atoms with Crippen molar-refractivity contribution in [3.63, 3.8) is 0 Å². The Hall–Kier alpha value is -4.06. The number of nitrogens with zero attached hydrogens (tertiary/aromatic N) is 2. The second-order valence-electron chi connectivity index (χ2n) is 9.83. The molecular weight excluding hydrogens is 464 g/mol. The van der Waals surface area contributed by atoms with Crippen LogP contribution in [0, 0.1) is 6.92 Å². The molecular formula is C31H34N2O4. The number of carbonyl (C=O) groups is 2. The van der Waals surface area contributed by atoms with Crippen molar-refractivity contribution in [3.8, 4) is 5.75 Å². The number of rotatable bonds is 7. The summed E-state index contributed by atoms with van der Waals surface area (Å²) in [4.78, 5) is 30.4. The van der Waals surface area contributed by atoms with Crippen molar-refractivity contribution in [1.29, 1.82) is 0 Å². The first kappa shape index (κ1) is 26.0. The van der Waals surface area contributed by atoms with Crippen LogP contribution in [0.4, 0.5) is 11.4 Å². The third kappa shape index (κ3) is 4.96. The molecule has 0 bridgehead atoms. The van der Waals surface area contributed by atoms with Gasteiger partial charge in [-0.1, -0.05) is 38.1 Å². The van der Waals surface area contributed by atoms with Gasteiger partial charge in [0.25, 0.3) is 11.7 Å². The fourth-order valence-corrected chi connectivity index (χ4v) is 4.74. The molecule has 1 heterocycles. The molecule has 4 rings (SSSR count). The van der Waals surface area contributed by atoms with Crippen LogP contribution in [0.15, 0.2) is 72.3 Å². The molecule has 0 spiro atoms. The zero-order chi connectivity index (χ0) is 26.9. The summed E-state index contributed by atoms with van der Waals surface area (Å²) in [5, 5.41) is 11.6. The normalized spacial score (nSPS) is 16.9. The number of aliphatic hydroxyl groups excluding tert-OH is 1. The van der Waals surface area contributed by atoms with Crippen LogP contribution in [-0.4, -0.2) is 37.5 Å². The Kier molecular flexibility index (Phi) is 7.39. The van der Waals surface area contributed by atoms with E-state index in [1.807, 2.05) is 107 Å². The minimum Gasteiger partial charge on any atom is -0.507 e. The highest BCUT2D eigenvalue weighted by Gasteiger charge is 2.47. The third-order valence-electron chi connectivity index (χ3n) is 6.65. The Morgan fingerprint density at radius 1 is 1.03 bits per heavy atom. The van der Waals surface area contributed by atoms with E-state index in [2.05, 4.69) is 0 Å². The van der Waals surface area contributed by atoms with Crippen molar-refractivity contribution in [2.45, 2.75) is 39.7 Å². The van der Waals surface area contributed by atoms with Gasteiger partial charge in [-0.15, -0.1) is 0 Å². The van der Waals surface area contributed by atoms with Gasteiger partial charge in [0.15, 0.2) is 0 Å². The van der Waals surface area contributed by atoms with Crippen molar-refractivity contribution in [2.75, 3.05) is 30.5 Å². The van der Waals surface area contributed by atoms with Crippen LogP contribution in [0.2, 0.25) is 0 Å². The van der Waals surface area contributed by atoms with E-state index in [0.29, 0.717) is 17.9 Å². The average molecular weight is 499 g/mol. The molecule has 0 saturated carbocycles. The fourth-order valence-electron chi connectivity index (χ4n) is 4.74. The van der Waals surface area contributed by atoms with Crippen molar-refractivity contribution in [1.82, 2.24) is 0 Å². The number of carbonyl (C=O) groups excluding carboxylic acids is 2. The first-order chi connectivity index (χ1) is 17.6. The SMILES string of the molecule is CCOc1ccc(/C(O)=C2/C(=O)C(=O)N(c3cccc(C)c3)C2c2ccc(N(C)C)cc2)cc1C(C)C. The molecule has 1 unspecified atom stereocenters. The second kappa shape index (κ2) is 10.5. The molecule has 1 aliphatic rings. The van der Waals surface area contributed by atoms with E-state index < -0.39 is 17.7 Å². The molecule has 1 amide bonds. The molecule has 0 aromatic heterocycles.